The number of likely N-dealkylation sites (tertiary alicyclic amines) is 2. The lowest BCUT2D eigenvalue weighted by atomic mass is 9.99. The third kappa shape index (κ3) is 4.29. The smallest absolute Gasteiger partial charge is 0.236 e. The van der Waals surface area contributed by atoms with Crippen LogP contribution in [0.2, 0.25) is 0 Å². The number of amides is 2. The van der Waals surface area contributed by atoms with E-state index in [0.717, 1.165) is 74.6 Å². The van der Waals surface area contributed by atoms with Gasteiger partial charge < -0.3 is 15.1 Å². The summed E-state index contributed by atoms with van der Waals surface area (Å²) >= 11 is 0. The summed E-state index contributed by atoms with van der Waals surface area (Å²) in [4.78, 5) is 40.6. The predicted octanol–water partition coefficient (Wildman–Crippen LogP) is 1.82. The van der Waals surface area contributed by atoms with Gasteiger partial charge in [0.25, 0.3) is 0 Å². The van der Waals surface area contributed by atoms with Gasteiger partial charge in [-0.15, -0.1) is 0 Å². The fourth-order valence-electron chi connectivity index (χ4n) is 4.91. The van der Waals surface area contributed by atoms with Crippen molar-refractivity contribution in [1.82, 2.24) is 24.7 Å². The molecular weight excluding hydrogens is 380 g/mol. The lowest BCUT2D eigenvalue weighted by molar-refractivity contribution is -0.134. The third-order valence-corrected chi connectivity index (χ3v) is 6.90. The van der Waals surface area contributed by atoms with Crippen LogP contribution >= 0.6 is 0 Å². The number of fused-ring (bicyclic) bond motifs is 1. The molecule has 30 heavy (non-hydrogen) atoms. The van der Waals surface area contributed by atoms with Crippen LogP contribution in [-0.4, -0.2) is 76.3 Å². The highest BCUT2D eigenvalue weighted by atomic mass is 16.2. The summed E-state index contributed by atoms with van der Waals surface area (Å²) in [5.41, 5.74) is 2.05. The maximum Gasteiger partial charge on any atom is 0.236 e. The fourth-order valence-corrected chi connectivity index (χ4v) is 4.91. The monoisotopic (exact) mass is 414 g/mol. The Labute approximate surface area is 179 Å². The topological polar surface area (TPSA) is 81.7 Å². The highest BCUT2D eigenvalue weighted by Gasteiger charge is 2.33. The first-order chi connectivity index (χ1) is 14.5. The van der Waals surface area contributed by atoms with Gasteiger partial charge in [0.15, 0.2) is 0 Å². The molecule has 0 radical (unpaired) electrons. The molecule has 1 atom stereocenters. The first-order valence-corrected chi connectivity index (χ1v) is 11.3. The predicted molar refractivity (Wildman–Crippen MR) is 115 cm³/mol. The Morgan fingerprint density at radius 2 is 1.83 bits per heavy atom. The summed E-state index contributed by atoms with van der Waals surface area (Å²) in [6, 6.07) is 0.0581. The Balaban J connectivity index is 1.51. The Morgan fingerprint density at radius 1 is 1.07 bits per heavy atom. The Bertz CT molecular complexity index is 805. The molecular formula is C22H34N6O2. The summed E-state index contributed by atoms with van der Waals surface area (Å²) < 4.78 is 0. The molecule has 8 heteroatoms. The molecule has 4 rings (SSSR count). The Hall–Kier alpha value is -2.22. The van der Waals surface area contributed by atoms with Crippen LogP contribution in [0.15, 0.2) is 0 Å². The average Bonchev–Trinajstić information content (AvgIpc) is 3.20. The van der Waals surface area contributed by atoms with E-state index in [1.807, 2.05) is 16.8 Å². The number of hydrogen-bond donors (Lipinski definition) is 1. The normalized spacial score (nSPS) is 22.8. The zero-order chi connectivity index (χ0) is 21.3. The van der Waals surface area contributed by atoms with Crippen molar-refractivity contribution in [2.45, 2.75) is 58.5 Å². The maximum absolute atomic E-state index is 12.9. The number of rotatable bonds is 4. The van der Waals surface area contributed by atoms with E-state index in [0.29, 0.717) is 25.6 Å². The van der Waals surface area contributed by atoms with Gasteiger partial charge in [-0.2, -0.15) is 0 Å². The molecule has 0 aromatic carbocycles. The SMILES string of the molecule is CNc1nc([C@H]2CCCN2CC(=O)N2CCC(C)CC2)nc2c1CCN(C(C)=O)C2. The van der Waals surface area contributed by atoms with Gasteiger partial charge in [-0.05, 0) is 44.6 Å². The molecule has 0 unspecified atom stereocenters. The van der Waals surface area contributed by atoms with Gasteiger partial charge in [0.1, 0.15) is 11.6 Å². The largest absolute Gasteiger partial charge is 0.373 e. The highest BCUT2D eigenvalue weighted by Crippen LogP contribution is 2.33. The van der Waals surface area contributed by atoms with Crippen molar-refractivity contribution < 1.29 is 9.59 Å². The summed E-state index contributed by atoms with van der Waals surface area (Å²) in [5, 5.41) is 3.23. The van der Waals surface area contributed by atoms with Gasteiger partial charge in [-0.1, -0.05) is 6.92 Å². The third-order valence-electron chi connectivity index (χ3n) is 6.90. The standard InChI is InChI=1S/C22H34N6O2/c1-15-6-10-26(11-7-15)20(30)14-28-9-4-5-19(28)22-24-18-13-27(16(2)29)12-8-17(18)21(23-3)25-22/h15,19H,4-14H2,1-3H3,(H,23,24,25)/t19-/m1/s1. The second kappa shape index (κ2) is 8.88. The van der Waals surface area contributed by atoms with Gasteiger partial charge >= 0.3 is 0 Å². The number of anilines is 1. The van der Waals surface area contributed by atoms with Crippen LogP contribution in [0.25, 0.3) is 0 Å². The van der Waals surface area contributed by atoms with E-state index in [1.54, 1.807) is 6.92 Å². The summed E-state index contributed by atoms with van der Waals surface area (Å²) in [7, 11) is 1.89. The number of nitrogens with one attached hydrogen (secondary N) is 1. The summed E-state index contributed by atoms with van der Waals surface area (Å²) in [6.07, 6.45) is 4.97. The number of piperidine rings is 1. The van der Waals surface area contributed by atoms with E-state index in [2.05, 4.69) is 17.1 Å². The quantitative estimate of drug-likeness (QED) is 0.809. The zero-order valence-corrected chi connectivity index (χ0v) is 18.5. The van der Waals surface area contributed by atoms with E-state index in [4.69, 9.17) is 9.97 Å². The van der Waals surface area contributed by atoms with E-state index in [-0.39, 0.29) is 17.9 Å². The molecule has 1 aromatic heterocycles. The molecule has 2 fully saturated rings. The maximum atomic E-state index is 12.9. The van der Waals surface area contributed by atoms with Crippen LogP contribution in [0.4, 0.5) is 5.82 Å². The Morgan fingerprint density at radius 3 is 2.53 bits per heavy atom. The second-order valence-electron chi connectivity index (χ2n) is 8.99. The van der Waals surface area contributed by atoms with E-state index in [1.165, 1.54) is 0 Å². The van der Waals surface area contributed by atoms with Gasteiger partial charge in [-0.25, -0.2) is 9.97 Å². The van der Waals surface area contributed by atoms with Crippen LogP contribution in [0, 0.1) is 5.92 Å². The molecule has 1 aromatic rings. The van der Waals surface area contributed by atoms with E-state index in [9.17, 15) is 9.59 Å². The minimum Gasteiger partial charge on any atom is -0.373 e. The number of hydrogen-bond acceptors (Lipinski definition) is 6. The van der Waals surface area contributed by atoms with E-state index < -0.39 is 0 Å². The van der Waals surface area contributed by atoms with Crippen LogP contribution in [0.1, 0.15) is 62.7 Å². The molecule has 3 aliphatic rings. The van der Waals surface area contributed by atoms with Gasteiger partial charge in [-0.3, -0.25) is 14.5 Å². The number of carbonyl (C=O) groups is 2. The molecule has 8 nitrogen and oxygen atoms in total. The lowest BCUT2D eigenvalue weighted by Crippen LogP contribution is -2.44. The van der Waals surface area contributed by atoms with Crippen molar-refractivity contribution in [2.75, 3.05) is 45.1 Å². The van der Waals surface area contributed by atoms with Crippen molar-refractivity contribution in [1.29, 1.82) is 0 Å². The average molecular weight is 415 g/mol. The lowest BCUT2D eigenvalue weighted by Gasteiger charge is -2.33. The van der Waals surface area contributed by atoms with Crippen LogP contribution in [0.3, 0.4) is 0 Å². The van der Waals surface area contributed by atoms with Crippen molar-refractivity contribution in [2.24, 2.45) is 5.92 Å². The molecule has 0 bridgehead atoms. The first-order valence-electron chi connectivity index (χ1n) is 11.3. The minimum atomic E-state index is 0.0581. The van der Waals surface area contributed by atoms with Crippen molar-refractivity contribution in [3.63, 3.8) is 0 Å². The van der Waals surface area contributed by atoms with Crippen molar-refractivity contribution in [3.8, 4) is 0 Å². The number of nitrogens with zero attached hydrogens (tertiary/aromatic N) is 5. The number of aromatic nitrogens is 2. The second-order valence-corrected chi connectivity index (χ2v) is 8.99. The van der Waals surface area contributed by atoms with Gasteiger partial charge in [0.2, 0.25) is 11.8 Å². The molecule has 4 heterocycles. The fraction of sp³-hybridized carbons (Fsp3) is 0.727. The summed E-state index contributed by atoms with van der Waals surface area (Å²) in [5.74, 6) is 2.66. The minimum absolute atomic E-state index is 0.0581. The molecule has 0 aliphatic carbocycles. The van der Waals surface area contributed by atoms with Gasteiger partial charge in [0.05, 0.1) is 24.8 Å². The molecule has 164 valence electrons. The molecule has 3 aliphatic heterocycles. The molecule has 1 N–H and O–H groups in total. The van der Waals surface area contributed by atoms with Crippen LogP contribution < -0.4 is 5.32 Å². The molecule has 0 spiro atoms. The van der Waals surface area contributed by atoms with Crippen molar-refractivity contribution >= 4 is 17.6 Å². The zero-order valence-electron chi connectivity index (χ0n) is 18.5. The highest BCUT2D eigenvalue weighted by molar-refractivity contribution is 5.78. The van der Waals surface area contributed by atoms with Crippen LogP contribution in [0.5, 0.6) is 0 Å². The Kier molecular flexibility index (Phi) is 6.22. The molecule has 0 saturated carbocycles. The van der Waals surface area contributed by atoms with Gasteiger partial charge in [0, 0.05) is 39.2 Å². The van der Waals surface area contributed by atoms with E-state index >= 15 is 0 Å². The molecule has 2 saturated heterocycles. The molecule has 2 amide bonds. The number of carbonyl (C=O) groups excluding carboxylic acids is 2. The first kappa shape index (κ1) is 21.0. The summed E-state index contributed by atoms with van der Waals surface area (Å²) in [6.45, 7) is 8.20. The van der Waals surface area contributed by atoms with Crippen LogP contribution in [-0.2, 0) is 22.6 Å². The van der Waals surface area contributed by atoms with Crippen molar-refractivity contribution in [3.05, 3.63) is 17.1 Å².